The van der Waals surface area contributed by atoms with E-state index in [9.17, 15) is 9.59 Å². The van der Waals surface area contributed by atoms with Crippen LogP contribution in [0.2, 0.25) is 0 Å². The molecule has 5 nitrogen and oxygen atoms in total. The summed E-state index contributed by atoms with van der Waals surface area (Å²) in [6, 6.07) is -0.902. The van der Waals surface area contributed by atoms with Crippen LogP contribution < -0.4 is 16.4 Å². The third kappa shape index (κ3) is 4.55. The number of urea groups is 1. The zero-order chi connectivity index (χ0) is 13.5. The van der Waals surface area contributed by atoms with Gasteiger partial charge in [0.1, 0.15) is 6.04 Å². The Kier molecular flexibility index (Phi) is 5.95. The van der Waals surface area contributed by atoms with Gasteiger partial charge in [0, 0.05) is 6.04 Å². The molecule has 0 saturated heterocycles. The molecule has 0 aromatic heterocycles. The second kappa shape index (κ2) is 7.24. The summed E-state index contributed by atoms with van der Waals surface area (Å²) in [5.74, 6) is -0.0175. The van der Waals surface area contributed by atoms with Crippen LogP contribution in [0.4, 0.5) is 4.79 Å². The van der Waals surface area contributed by atoms with E-state index in [2.05, 4.69) is 10.6 Å². The van der Waals surface area contributed by atoms with Crippen molar-refractivity contribution in [3.05, 3.63) is 0 Å². The number of carbonyl (C=O) groups is 2. The molecular weight excluding hydrogens is 230 g/mol. The average molecular weight is 255 g/mol. The lowest BCUT2D eigenvalue weighted by Gasteiger charge is -2.28. The molecule has 0 radical (unpaired) electrons. The van der Waals surface area contributed by atoms with Crippen molar-refractivity contribution in [3.63, 3.8) is 0 Å². The van der Waals surface area contributed by atoms with Crippen LogP contribution in [0.5, 0.6) is 0 Å². The molecule has 2 atom stereocenters. The molecule has 3 amide bonds. The topological polar surface area (TPSA) is 84.2 Å². The number of rotatable bonds is 5. The SMILES string of the molecule is CCC(C)C(NC(N)=O)C(=O)NC1CCCCC1. The average Bonchev–Trinajstić information content (AvgIpc) is 2.36. The Bertz CT molecular complexity index is 288. The number of amides is 3. The Hall–Kier alpha value is -1.26. The van der Waals surface area contributed by atoms with Crippen LogP contribution in [0.15, 0.2) is 0 Å². The molecule has 4 N–H and O–H groups in total. The van der Waals surface area contributed by atoms with Crippen molar-refractivity contribution in [2.75, 3.05) is 0 Å². The molecule has 0 aromatic rings. The minimum absolute atomic E-state index is 0.0843. The minimum Gasteiger partial charge on any atom is -0.352 e. The van der Waals surface area contributed by atoms with E-state index in [-0.39, 0.29) is 17.9 Å². The molecule has 1 aliphatic carbocycles. The van der Waals surface area contributed by atoms with Gasteiger partial charge in [-0.2, -0.15) is 0 Å². The molecule has 0 aliphatic heterocycles. The van der Waals surface area contributed by atoms with E-state index >= 15 is 0 Å². The Morgan fingerprint density at radius 3 is 2.39 bits per heavy atom. The van der Waals surface area contributed by atoms with Crippen LogP contribution >= 0.6 is 0 Å². The van der Waals surface area contributed by atoms with Crippen molar-refractivity contribution in [1.29, 1.82) is 0 Å². The highest BCUT2D eigenvalue weighted by atomic mass is 16.2. The van der Waals surface area contributed by atoms with Crippen LogP contribution in [0.25, 0.3) is 0 Å². The van der Waals surface area contributed by atoms with E-state index in [1.54, 1.807) is 0 Å². The normalized spacial score (nSPS) is 19.9. The predicted octanol–water partition coefficient (Wildman–Crippen LogP) is 1.52. The maximum atomic E-state index is 12.2. The van der Waals surface area contributed by atoms with Gasteiger partial charge in [0.15, 0.2) is 0 Å². The van der Waals surface area contributed by atoms with Crippen molar-refractivity contribution >= 4 is 11.9 Å². The summed E-state index contributed by atoms with van der Waals surface area (Å²) in [7, 11) is 0. The quantitative estimate of drug-likeness (QED) is 0.696. The van der Waals surface area contributed by atoms with Gasteiger partial charge in [-0.15, -0.1) is 0 Å². The molecule has 104 valence electrons. The van der Waals surface area contributed by atoms with Crippen LogP contribution in [0, 0.1) is 5.92 Å². The molecule has 0 spiro atoms. The van der Waals surface area contributed by atoms with Gasteiger partial charge < -0.3 is 16.4 Å². The van der Waals surface area contributed by atoms with Crippen molar-refractivity contribution in [3.8, 4) is 0 Å². The molecule has 1 fully saturated rings. The first-order valence-corrected chi connectivity index (χ1v) is 6.91. The molecule has 0 heterocycles. The van der Waals surface area contributed by atoms with Gasteiger partial charge in [-0.25, -0.2) is 4.79 Å². The molecule has 1 aliphatic rings. The lowest BCUT2D eigenvalue weighted by atomic mass is 9.93. The molecule has 1 rings (SSSR count). The number of primary amides is 1. The van der Waals surface area contributed by atoms with E-state index in [0.29, 0.717) is 0 Å². The summed E-state index contributed by atoms with van der Waals surface area (Å²) >= 11 is 0. The summed E-state index contributed by atoms with van der Waals surface area (Å²) < 4.78 is 0. The fraction of sp³-hybridized carbons (Fsp3) is 0.846. The third-order valence-electron chi connectivity index (χ3n) is 3.74. The molecule has 0 bridgehead atoms. The van der Waals surface area contributed by atoms with Crippen LogP contribution in [0.1, 0.15) is 52.4 Å². The summed E-state index contributed by atoms with van der Waals surface area (Å²) in [6.07, 6.45) is 6.49. The van der Waals surface area contributed by atoms with Crippen molar-refractivity contribution in [2.45, 2.75) is 64.5 Å². The minimum atomic E-state index is -0.640. The van der Waals surface area contributed by atoms with Gasteiger partial charge in [0.05, 0.1) is 0 Å². The summed E-state index contributed by atoms with van der Waals surface area (Å²) in [5.41, 5.74) is 5.13. The molecule has 1 saturated carbocycles. The van der Waals surface area contributed by atoms with E-state index in [1.165, 1.54) is 19.3 Å². The van der Waals surface area contributed by atoms with Crippen LogP contribution in [-0.4, -0.2) is 24.0 Å². The summed E-state index contributed by atoms with van der Waals surface area (Å²) in [5, 5.41) is 5.58. The summed E-state index contributed by atoms with van der Waals surface area (Å²) in [6.45, 7) is 3.94. The standard InChI is InChI=1S/C13H25N3O2/c1-3-9(2)11(16-13(14)18)12(17)15-10-7-5-4-6-8-10/h9-11H,3-8H2,1-2H3,(H,15,17)(H3,14,16,18). The first kappa shape index (κ1) is 14.8. The third-order valence-corrected chi connectivity index (χ3v) is 3.74. The van der Waals surface area contributed by atoms with E-state index in [4.69, 9.17) is 5.73 Å². The van der Waals surface area contributed by atoms with Gasteiger partial charge >= 0.3 is 6.03 Å². The van der Waals surface area contributed by atoms with Gasteiger partial charge in [-0.05, 0) is 18.8 Å². The molecule has 5 heteroatoms. The maximum Gasteiger partial charge on any atom is 0.312 e. The second-order valence-corrected chi connectivity index (χ2v) is 5.22. The Morgan fingerprint density at radius 1 is 1.28 bits per heavy atom. The van der Waals surface area contributed by atoms with Gasteiger partial charge in [0.2, 0.25) is 5.91 Å². The van der Waals surface area contributed by atoms with Crippen molar-refractivity contribution < 1.29 is 9.59 Å². The zero-order valence-corrected chi connectivity index (χ0v) is 11.4. The highest BCUT2D eigenvalue weighted by Crippen LogP contribution is 2.18. The summed E-state index contributed by atoms with van der Waals surface area (Å²) in [4.78, 5) is 23.1. The number of hydrogen-bond acceptors (Lipinski definition) is 2. The zero-order valence-electron chi connectivity index (χ0n) is 11.4. The number of hydrogen-bond donors (Lipinski definition) is 3. The fourth-order valence-corrected chi connectivity index (χ4v) is 2.39. The first-order chi connectivity index (χ1) is 8.54. The van der Waals surface area contributed by atoms with E-state index < -0.39 is 12.1 Å². The highest BCUT2D eigenvalue weighted by molar-refractivity contribution is 5.86. The molecule has 2 unspecified atom stereocenters. The Labute approximate surface area is 109 Å². The van der Waals surface area contributed by atoms with E-state index in [1.807, 2.05) is 13.8 Å². The van der Waals surface area contributed by atoms with Crippen molar-refractivity contribution in [2.24, 2.45) is 11.7 Å². The highest BCUT2D eigenvalue weighted by Gasteiger charge is 2.27. The monoisotopic (exact) mass is 255 g/mol. The molecular formula is C13H25N3O2. The largest absolute Gasteiger partial charge is 0.352 e. The van der Waals surface area contributed by atoms with Gasteiger partial charge in [-0.3, -0.25) is 4.79 Å². The maximum absolute atomic E-state index is 12.2. The van der Waals surface area contributed by atoms with Gasteiger partial charge in [-0.1, -0.05) is 39.5 Å². The fourth-order valence-electron chi connectivity index (χ4n) is 2.39. The predicted molar refractivity (Wildman–Crippen MR) is 71.0 cm³/mol. The number of carbonyl (C=O) groups excluding carboxylic acids is 2. The van der Waals surface area contributed by atoms with Crippen LogP contribution in [0.3, 0.4) is 0 Å². The first-order valence-electron chi connectivity index (χ1n) is 6.91. The lowest BCUT2D eigenvalue weighted by Crippen LogP contribution is -2.54. The van der Waals surface area contributed by atoms with Crippen LogP contribution in [-0.2, 0) is 4.79 Å². The number of nitrogens with two attached hydrogens (primary N) is 1. The molecule has 18 heavy (non-hydrogen) atoms. The molecule has 0 aromatic carbocycles. The second-order valence-electron chi connectivity index (χ2n) is 5.22. The van der Waals surface area contributed by atoms with Crippen molar-refractivity contribution in [1.82, 2.24) is 10.6 Å². The Balaban J connectivity index is 2.54. The van der Waals surface area contributed by atoms with Gasteiger partial charge in [0.25, 0.3) is 0 Å². The smallest absolute Gasteiger partial charge is 0.312 e. The van der Waals surface area contributed by atoms with E-state index in [0.717, 1.165) is 19.3 Å². The lowest BCUT2D eigenvalue weighted by molar-refractivity contribution is -0.125. The number of nitrogens with one attached hydrogen (secondary N) is 2. The Morgan fingerprint density at radius 2 is 1.89 bits per heavy atom.